The van der Waals surface area contributed by atoms with Crippen molar-refractivity contribution in [3.05, 3.63) is 24.0 Å². The van der Waals surface area contributed by atoms with Crippen LogP contribution in [0.4, 0.5) is 0 Å². The fraction of sp³-hybridized carbons (Fsp3) is 0.615. The fourth-order valence-corrected chi connectivity index (χ4v) is 1.64. The zero-order valence-electron chi connectivity index (χ0n) is 10.9. The summed E-state index contributed by atoms with van der Waals surface area (Å²) in [6.45, 7) is 5.28. The molecule has 0 radical (unpaired) electrons. The first kappa shape index (κ1) is 13.9. The normalized spacial score (nSPS) is 14.4. The van der Waals surface area contributed by atoms with E-state index < -0.39 is 5.54 Å². The zero-order chi connectivity index (χ0) is 12.7. The van der Waals surface area contributed by atoms with Crippen molar-refractivity contribution in [3.63, 3.8) is 0 Å². The summed E-state index contributed by atoms with van der Waals surface area (Å²) < 4.78 is 10.7. The highest BCUT2D eigenvalue weighted by Crippen LogP contribution is 2.24. The van der Waals surface area contributed by atoms with E-state index in [4.69, 9.17) is 15.2 Å². The van der Waals surface area contributed by atoms with Crippen LogP contribution in [0.5, 0.6) is 5.75 Å². The maximum atomic E-state index is 6.31. The number of methoxy groups -OCH3 is 1. The number of pyridine rings is 1. The van der Waals surface area contributed by atoms with Crippen LogP contribution < -0.4 is 10.5 Å². The van der Waals surface area contributed by atoms with Crippen LogP contribution in [0.2, 0.25) is 0 Å². The molecule has 0 aliphatic heterocycles. The molecule has 4 heteroatoms. The second-order valence-corrected chi connectivity index (χ2v) is 4.20. The zero-order valence-corrected chi connectivity index (χ0v) is 10.9. The first-order chi connectivity index (χ1) is 8.16. The van der Waals surface area contributed by atoms with E-state index in [9.17, 15) is 0 Å². The Morgan fingerprint density at radius 2 is 2.12 bits per heavy atom. The first-order valence-electron chi connectivity index (χ1n) is 6.02. The molecule has 0 aliphatic carbocycles. The molecule has 96 valence electrons. The Hall–Kier alpha value is -1.13. The van der Waals surface area contributed by atoms with Gasteiger partial charge in [-0.1, -0.05) is 13.8 Å². The van der Waals surface area contributed by atoms with Crippen molar-refractivity contribution in [3.8, 4) is 5.75 Å². The highest BCUT2D eigenvalue weighted by atomic mass is 16.5. The summed E-state index contributed by atoms with van der Waals surface area (Å²) in [6, 6.07) is 1.95. The highest BCUT2D eigenvalue weighted by Gasteiger charge is 2.26. The van der Waals surface area contributed by atoms with E-state index in [0.717, 1.165) is 24.2 Å². The molecule has 1 aromatic heterocycles. The van der Waals surface area contributed by atoms with Gasteiger partial charge in [0.1, 0.15) is 5.75 Å². The minimum atomic E-state index is -0.493. The highest BCUT2D eigenvalue weighted by molar-refractivity contribution is 5.29. The van der Waals surface area contributed by atoms with E-state index in [0.29, 0.717) is 13.2 Å². The number of rotatable bonds is 7. The molecule has 1 unspecified atom stereocenters. The monoisotopic (exact) mass is 238 g/mol. The minimum absolute atomic E-state index is 0.475. The van der Waals surface area contributed by atoms with Gasteiger partial charge in [0.25, 0.3) is 0 Å². The molecular weight excluding hydrogens is 216 g/mol. The van der Waals surface area contributed by atoms with Gasteiger partial charge in [-0.05, 0) is 24.5 Å². The number of hydrogen-bond acceptors (Lipinski definition) is 4. The SMILES string of the molecule is CCCOc1cncc(C(N)(CC)COC)c1. The van der Waals surface area contributed by atoms with Crippen molar-refractivity contribution < 1.29 is 9.47 Å². The summed E-state index contributed by atoms with van der Waals surface area (Å²) in [6.07, 6.45) is 5.26. The van der Waals surface area contributed by atoms with Crippen LogP contribution in [0, 0.1) is 0 Å². The number of ether oxygens (including phenoxy) is 2. The van der Waals surface area contributed by atoms with Crippen molar-refractivity contribution in [2.45, 2.75) is 32.2 Å². The summed E-state index contributed by atoms with van der Waals surface area (Å²) in [7, 11) is 1.65. The van der Waals surface area contributed by atoms with Crippen LogP contribution in [-0.2, 0) is 10.3 Å². The third-order valence-corrected chi connectivity index (χ3v) is 2.79. The van der Waals surface area contributed by atoms with Crippen molar-refractivity contribution in [2.24, 2.45) is 5.73 Å². The number of nitrogens with zero attached hydrogens (tertiary/aromatic N) is 1. The number of aromatic nitrogens is 1. The van der Waals surface area contributed by atoms with Gasteiger partial charge in [-0.15, -0.1) is 0 Å². The molecule has 0 aromatic carbocycles. The Balaban J connectivity index is 2.88. The molecule has 0 amide bonds. The standard InChI is InChI=1S/C13H22N2O2/c1-4-6-17-12-7-11(8-15-9-12)13(14,5-2)10-16-3/h7-9H,4-6,10,14H2,1-3H3. The maximum Gasteiger partial charge on any atom is 0.137 e. The topological polar surface area (TPSA) is 57.4 Å². The van der Waals surface area contributed by atoms with Crippen LogP contribution in [0.3, 0.4) is 0 Å². The van der Waals surface area contributed by atoms with E-state index >= 15 is 0 Å². The lowest BCUT2D eigenvalue weighted by atomic mass is 9.90. The second kappa shape index (κ2) is 6.57. The Morgan fingerprint density at radius 3 is 2.71 bits per heavy atom. The molecule has 0 spiro atoms. The lowest BCUT2D eigenvalue weighted by Gasteiger charge is -2.27. The fourth-order valence-electron chi connectivity index (χ4n) is 1.64. The van der Waals surface area contributed by atoms with Gasteiger partial charge in [0, 0.05) is 13.3 Å². The molecule has 0 bridgehead atoms. The molecule has 17 heavy (non-hydrogen) atoms. The van der Waals surface area contributed by atoms with Gasteiger partial charge < -0.3 is 15.2 Å². The van der Waals surface area contributed by atoms with E-state index in [2.05, 4.69) is 11.9 Å². The van der Waals surface area contributed by atoms with Crippen molar-refractivity contribution >= 4 is 0 Å². The maximum absolute atomic E-state index is 6.31. The summed E-state index contributed by atoms with van der Waals surface area (Å²) in [4.78, 5) is 4.17. The lowest BCUT2D eigenvalue weighted by Crippen LogP contribution is -2.40. The number of hydrogen-bond donors (Lipinski definition) is 1. The van der Waals surface area contributed by atoms with Crippen molar-refractivity contribution in [1.29, 1.82) is 0 Å². The summed E-state index contributed by atoms with van der Waals surface area (Å²) in [5.41, 5.74) is 6.77. The van der Waals surface area contributed by atoms with Gasteiger partial charge in [-0.2, -0.15) is 0 Å². The van der Waals surface area contributed by atoms with E-state index in [1.165, 1.54) is 0 Å². The van der Waals surface area contributed by atoms with Gasteiger partial charge >= 0.3 is 0 Å². The predicted octanol–water partition coefficient (Wildman–Crippen LogP) is 2.08. The lowest BCUT2D eigenvalue weighted by molar-refractivity contribution is 0.129. The second-order valence-electron chi connectivity index (χ2n) is 4.20. The van der Waals surface area contributed by atoms with Crippen LogP contribution in [-0.4, -0.2) is 25.3 Å². The first-order valence-corrected chi connectivity index (χ1v) is 6.02. The molecule has 0 fully saturated rings. The van der Waals surface area contributed by atoms with E-state index in [1.54, 1.807) is 19.5 Å². The molecule has 1 heterocycles. The molecule has 0 saturated carbocycles. The third-order valence-electron chi connectivity index (χ3n) is 2.79. The van der Waals surface area contributed by atoms with Gasteiger partial charge in [-0.25, -0.2) is 0 Å². The summed E-state index contributed by atoms with van der Waals surface area (Å²) in [5, 5.41) is 0. The molecule has 0 saturated heterocycles. The minimum Gasteiger partial charge on any atom is -0.492 e. The molecule has 0 aliphatic rings. The molecule has 1 rings (SSSR count). The average Bonchev–Trinajstić information content (AvgIpc) is 2.37. The van der Waals surface area contributed by atoms with Crippen molar-refractivity contribution in [1.82, 2.24) is 4.98 Å². The van der Waals surface area contributed by atoms with Crippen LogP contribution in [0.25, 0.3) is 0 Å². The van der Waals surface area contributed by atoms with Gasteiger partial charge in [0.05, 0.1) is 24.9 Å². The quantitative estimate of drug-likeness (QED) is 0.790. The summed E-state index contributed by atoms with van der Waals surface area (Å²) in [5.74, 6) is 0.767. The Morgan fingerprint density at radius 1 is 1.35 bits per heavy atom. The Labute approximate surface area is 103 Å². The largest absolute Gasteiger partial charge is 0.492 e. The van der Waals surface area contributed by atoms with Gasteiger partial charge in [0.2, 0.25) is 0 Å². The average molecular weight is 238 g/mol. The van der Waals surface area contributed by atoms with E-state index in [1.807, 2.05) is 13.0 Å². The van der Waals surface area contributed by atoms with E-state index in [-0.39, 0.29) is 0 Å². The van der Waals surface area contributed by atoms with Crippen molar-refractivity contribution in [2.75, 3.05) is 20.3 Å². The third kappa shape index (κ3) is 3.68. The Bertz CT molecular complexity index is 344. The molecule has 1 atom stereocenters. The summed E-state index contributed by atoms with van der Waals surface area (Å²) >= 11 is 0. The van der Waals surface area contributed by atoms with Crippen LogP contribution in [0.15, 0.2) is 18.5 Å². The number of nitrogens with two attached hydrogens (primary N) is 1. The van der Waals surface area contributed by atoms with Gasteiger partial charge in [-0.3, -0.25) is 4.98 Å². The van der Waals surface area contributed by atoms with Crippen LogP contribution in [0.1, 0.15) is 32.3 Å². The smallest absolute Gasteiger partial charge is 0.137 e. The predicted molar refractivity (Wildman–Crippen MR) is 68.1 cm³/mol. The molecule has 4 nitrogen and oxygen atoms in total. The molecule has 1 aromatic rings. The van der Waals surface area contributed by atoms with Crippen LogP contribution >= 0.6 is 0 Å². The molecular formula is C13H22N2O2. The van der Waals surface area contributed by atoms with Gasteiger partial charge in [0.15, 0.2) is 0 Å². The molecule has 2 N–H and O–H groups in total. The Kier molecular flexibility index (Phi) is 5.38.